The van der Waals surface area contributed by atoms with Crippen LogP contribution >= 0.6 is 11.3 Å². The van der Waals surface area contributed by atoms with Crippen LogP contribution in [0.2, 0.25) is 0 Å². The summed E-state index contributed by atoms with van der Waals surface area (Å²) >= 11 is 1.43. The van der Waals surface area contributed by atoms with Gasteiger partial charge in [0.15, 0.2) is 5.76 Å². The number of aryl methyl sites for hydroxylation is 1. The standard InChI is InChI=1S/C36H42O7S/c1-5-6-7-11-31(42-23-25-12-18-29(40-3)19-13-25)26-14-16-27(17-15-26)34-28(22-32(35(34)38)43-24(2)37)9-8-10-30-20-21-33(44-30)36(39)41-4/h12-22,28,31,34H,5-11,23H2,1-4H3/t28?,31?,34-/m1/s1. The molecular formula is C36H42O7S. The maximum atomic E-state index is 13.5. The van der Waals surface area contributed by atoms with Gasteiger partial charge < -0.3 is 18.9 Å². The Hall–Kier alpha value is -3.75. The molecule has 3 aromatic rings. The number of hydrogen-bond acceptors (Lipinski definition) is 8. The summed E-state index contributed by atoms with van der Waals surface area (Å²) in [6.07, 6.45) is 8.31. The number of ether oxygens (including phenoxy) is 4. The zero-order chi connectivity index (χ0) is 31.5. The van der Waals surface area contributed by atoms with Crippen molar-refractivity contribution in [3.63, 3.8) is 0 Å². The molecule has 1 aliphatic rings. The number of unbranched alkanes of at least 4 members (excludes halogenated alkanes) is 2. The normalized spacial score (nSPS) is 16.8. The molecule has 0 spiro atoms. The van der Waals surface area contributed by atoms with Crippen LogP contribution in [-0.2, 0) is 36.8 Å². The fraction of sp³-hybridized carbons (Fsp3) is 0.417. The molecule has 1 aromatic heterocycles. The van der Waals surface area contributed by atoms with Gasteiger partial charge in [0.25, 0.3) is 0 Å². The maximum Gasteiger partial charge on any atom is 0.348 e. The molecule has 1 heterocycles. The first-order chi connectivity index (χ1) is 21.3. The van der Waals surface area contributed by atoms with Crippen LogP contribution in [0.1, 0.15) is 95.6 Å². The summed E-state index contributed by atoms with van der Waals surface area (Å²) in [7, 11) is 3.03. The van der Waals surface area contributed by atoms with Gasteiger partial charge in [-0.25, -0.2) is 4.79 Å². The number of ketones is 1. The maximum absolute atomic E-state index is 13.5. The third-order valence-corrected chi connectivity index (χ3v) is 9.05. The zero-order valence-corrected chi connectivity index (χ0v) is 26.8. The number of thiophene rings is 1. The number of carbonyl (C=O) groups excluding carboxylic acids is 3. The van der Waals surface area contributed by atoms with Crippen LogP contribution in [0.3, 0.4) is 0 Å². The van der Waals surface area contributed by atoms with Crippen LogP contribution in [0.5, 0.6) is 5.75 Å². The van der Waals surface area contributed by atoms with Crippen molar-refractivity contribution in [2.24, 2.45) is 5.92 Å². The quantitative estimate of drug-likeness (QED) is 0.118. The highest BCUT2D eigenvalue weighted by Crippen LogP contribution is 2.40. The second kappa shape index (κ2) is 16.4. The molecule has 44 heavy (non-hydrogen) atoms. The average molecular weight is 619 g/mol. The Bertz CT molecular complexity index is 1420. The van der Waals surface area contributed by atoms with Crippen molar-refractivity contribution in [1.29, 1.82) is 0 Å². The van der Waals surface area contributed by atoms with Gasteiger partial charge in [0, 0.05) is 11.8 Å². The third kappa shape index (κ3) is 8.89. The number of esters is 2. The zero-order valence-electron chi connectivity index (χ0n) is 26.0. The largest absolute Gasteiger partial charge is 0.497 e. The Labute approximate surface area is 264 Å². The van der Waals surface area contributed by atoms with E-state index in [1.54, 1.807) is 13.2 Å². The van der Waals surface area contributed by atoms with E-state index in [0.717, 1.165) is 72.3 Å². The molecular weight excluding hydrogens is 576 g/mol. The van der Waals surface area contributed by atoms with Gasteiger partial charge in [-0.05, 0) is 78.6 Å². The minimum Gasteiger partial charge on any atom is -0.497 e. The molecule has 234 valence electrons. The van der Waals surface area contributed by atoms with Crippen molar-refractivity contribution < 1.29 is 33.3 Å². The van der Waals surface area contributed by atoms with E-state index < -0.39 is 11.9 Å². The van der Waals surface area contributed by atoms with Crippen molar-refractivity contribution in [2.45, 2.75) is 77.4 Å². The Morgan fingerprint density at radius 2 is 1.68 bits per heavy atom. The first kappa shape index (κ1) is 33.1. The van der Waals surface area contributed by atoms with Crippen molar-refractivity contribution in [3.8, 4) is 5.75 Å². The van der Waals surface area contributed by atoms with Crippen molar-refractivity contribution in [3.05, 3.63) is 98.9 Å². The van der Waals surface area contributed by atoms with Crippen molar-refractivity contribution in [1.82, 2.24) is 0 Å². The molecule has 0 radical (unpaired) electrons. The first-order valence-corrected chi connectivity index (χ1v) is 16.1. The van der Waals surface area contributed by atoms with E-state index in [1.165, 1.54) is 25.4 Å². The van der Waals surface area contributed by atoms with Gasteiger partial charge in [-0.2, -0.15) is 0 Å². The molecule has 0 amide bonds. The fourth-order valence-corrected chi connectivity index (χ4v) is 6.57. The number of Topliss-reactive ketones (excluding diaryl/α,β-unsaturated/α-hetero) is 1. The predicted molar refractivity (Wildman–Crippen MR) is 171 cm³/mol. The summed E-state index contributed by atoms with van der Waals surface area (Å²) in [5.74, 6) is -0.594. The second-order valence-electron chi connectivity index (χ2n) is 11.1. The molecule has 7 nitrogen and oxygen atoms in total. The minimum absolute atomic E-state index is 0.0665. The lowest BCUT2D eigenvalue weighted by Gasteiger charge is -2.21. The fourth-order valence-electron chi connectivity index (χ4n) is 5.61. The molecule has 3 atom stereocenters. The number of methoxy groups -OCH3 is 2. The molecule has 8 heteroatoms. The lowest BCUT2D eigenvalue weighted by atomic mass is 9.84. The van der Waals surface area contributed by atoms with E-state index in [9.17, 15) is 14.4 Å². The summed E-state index contributed by atoms with van der Waals surface area (Å²) in [6.45, 7) is 3.99. The molecule has 0 saturated heterocycles. The van der Waals surface area contributed by atoms with Crippen LogP contribution < -0.4 is 4.74 Å². The lowest BCUT2D eigenvalue weighted by molar-refractivity contribution is -0.140. The van der Waals surface area contributed by atoms with Crippen LogP contribution in [0.4, 0.5) is 0 Å². The lowest BCUT2D eigenvalue weighted by Crippen LogP contribution is -2.17. The highest BCUT2D eigenvalue weighted by atomic mass is 32.1. The van der Waals surface area contributed by atoms with Gasteiger partial charge in [-0.1, -0.05) is 62.6 Å². The van der Waals surface area contributed by atoms with Gasteiger partial charge in [0.1, 0.15) is 10.6 Å². The van der Waals surface area contributed by atoms with E-state index in [0.29, 0.717) is 11.5 Å². The molecule has 4 rings (SSSR count). The number of benzene rings is 2. The summed E-state index contributed by atoms with van der Waals surface area (Å²) in [6, 6.07) is 19.8. The summed E-state index contributed by atoms with van der Waals surface area (Å²) in [5.41, 5.74) is 3.05. The molecule has 0 fully saturated rings. The minimum atomic E-state index is -0.503. The predicted octanol–water partition coefficient (Wildman–Crippen LogP) is 8.13. The van der Waals surface area contributed by atoms with Crippen molar-refractivity contribution in [2.75, 3.05) is 14.2 Å². The monoisotopic (exact) mass is 618 g/mol. The highest BCUT2D eigenvalue weighted by Gasteiger charge is 2.38. The molecule has 2 aromatic carbocycles. The molecule has 0 aliphatic heterocycles. The third-order valence-electron chi connectivity index (χ3n) is 7.93. The van der Waals surface area contributed by atoms with Crippen LogP contribution in [-0.4, -0.2) is 31.9 Å². The van der Waals surface area contributed by atoms with Gasteiger partial charge >= 0.3 is 11.9 Å². The molecule has 0 bridgehead atoms. The topological polar surface area (TPSA) is 88.1 Å². The van der Waals surface area contributed by atoms with E-state index in [-0.39, 0.29) is 29.5 Å². The molecule has 2 unspecified atom stereocenters. The summed E-state index contributed by atoms with van der Waals surface area (Å²) in [4.78, 5) is 38.7. The number of hydrogen-bond donors (Lipinski definition) is 0. The SMILES string of the molecule is CCCCCC(OCc1ccc(OC)cc1)c1ccc([C@H]2C(=O)C(OC(C)=O)=CC2CCCc2ccc(C(=O)OC)s2)cc1. The summed E-state index contributed by atoms with van der Waals surface area (Å²) < 4.78 is 21.8. The highest BCUT2D eigenvalue weighted by molar-refractivity contribution is 7.13. The van der Waals surface area contributed by atoms with E-state index >= 15 is 0 Å². The Morgan fingerprint density at radius 3 is 2.34 bits per heavy atom. The number of rotatable bonds is 16. The summed E-state index contributed by atoms with van der Waals surface area (Å²) in [5, 5.41) is 0. The van der Waals surface area contributed by atoms with Crippen LogP contribution in [0, 0.1) is 5.92 Å². The smallest absolute Gasteiger partial charge is 0.348 e. The van der Waals surface area contributed by atoms with Crippen molar-refractivity contribution >= 4 is 29.1 Å². The first-order valence-electron chi connectivity index (χ1n) is 15.3. The Morgan fingerprint density at radius 1 is 0.932 bits per heavy atom. The molecule has 0 N–H and O–H groups in total. The Kier molecular flexibility index (Phi) is 12.3. The second-order valence-corrected chi connectivity index (χ2v) is 12.3. The Balaban J connectivity index is 1.46. The molecule has 0 saturated carbocycles. The van der Waals surface area contributed by atoms with E-state index in [4.69, 9.17) is 18.9 Å². The van der Waals surface area contributed by atoms with Crippen LogP contribution in [0.15, 0.2) is 72.5 Å². The average Bonchev–Trinajstić information content (AvgIpc) is 3.63. The van der Waals surface area contributed by atoms with Crippen LogP contribution in [0.25, 0.3) is 0 Å². The van der Waals surface area contributed by atoms with E-state index in [1.807, 2.05) is 48.5 Å². The number of allylic oxidation sites excluding steroid dienone is 2. The van der Waals surface area contributed by atoms with E-state index in [2.05, 4.69) is 19.1 Å². The van der Waals surface area contributed by atoms with Gasteiger partial charge in [0.05, 0.1) is 32.8 Å². The van der Waals surface area contributed by atoms with Gasteiger partial charge in [-0.3, -0.25) is 9.59 Å². The molecule has 1 aliphatic carbocycles. The van der Waals surface area contributed by atoms with Gasteiger partial charge in [0.2, 0.25) is 5.78 Å². The van der Waals surface area contributed by atoms with Gasteiger partial charge in [-0.15, -0.1) is 11.3 Å². The number of carbonyl (C=O) groups is 3.